The van der Waals surface area contributed by atoms with E-state index in [0.717, 1.165) is 6.07 Å². The Hall–Kier alpha value is -1.36. The highest BCUT2D eigenvalue weighted by Gasteiger charge is 2.51. The van der Waals surface area contributed by atoms with Crippen molar-refractivity contribution in [1.82, 2.24) is 9.97 Å². The normalized spacial score (nSPS) is 13.2. The largest absolute Gasteiger partial charge is 0.399 e. The molecule has 1 aromatic heterocycles. The second kappa shape index (κ2) is 7.34. The summed E-state index contributed by atoms with van der Waals surface area (Å²) < 4.78 is 75.0. The number of benzene rings is 1. The molecule has 1 heterocycles. The molecule has 0 amide bonds. The molecule has 2 rings (SSSR count). The lowest BCUT2D eigenvalue weighted by atomic mass is 10.1. The van der Waals surface area contributed by atoms with E-state index in [9.17, 15) is 26.5 Å². The van der Waals surface area contributed by atoms with Crippen molar-refractivity contribution < 1.29 is 36.3 Å². The minimum Gasteiger partial charge on any atom is -0.354 e. The van der Waals surface area contributed by atoms with Crippen LogP contribution < -0.4 is 5.32 Å². The van der Waals surface area contributed by atoms with Gasteiger partial charge < -0.3 is 15.1 Å². The lowest BCUT2D eigenvalue weighted by molar-refractivity contribution is -0.134. The van der Waals surface area contributed by atoms with Gasteiger partial charge in [0.2, 0.25) is 5.95 Å². The van der Waals surface area contributed by atoms with E-state index in [2.05, 4.69) is 31.2 Å². The van der Waals surface area contributed by atoms with E-state index in [0.29, 0.717) is 5.39 Å². The fourth-order valence-electron chi connectivity index (χ4n) is 2.01. The van der Waals surface area contributed by atoms with Crippen molar-refractivity contribution in [2.45, 2.75) is 24.7 Å². The monoisotopic (exact) mass is 463 g/mol. The highest BCUT2D eigenvalue weighted by Crippen LogP contribution is 2.60. The Balaban J connectivity index is 2.28. The fourth-order valence-corrected chi connectivity index (χ4v) is 3.27. The Morgan fingerprint density at radius 2 is 1.85 bits per heavy atom. The van der Waals surface area contributed by atoms with Crippen LogP contribution in [-0.4, -0.2) is 32.5 Å². The number of fused-ring (bicyclic) bond motifs is 1. The molecular formula is C13H12BrF5N3O3P. The summed E-state index contributed by atoms with van der Waals surface area (Å²) in [6, 6.07) is 1.96. The van der Waals surface area contributed by atoms with Crippen LogP contribution in [0.1, 0.15) is 18.4 Å². The summed E-state index contributed by atoms with van der Waals surface area (Å²) in [6.45, 7) is -0.0902. The minimum absolute atomic E-state index is 0.0513. The van der Waals surface area contributed by atoms with Crippen LogP contribution in [0.15, 0.2) is 22.8 Å². The third-order valence-corrected chi connectivity index (χ3v) is 4.91. The molecule has 1 aromatic carbocycles. The number of halogens is 6. The van der Waals surface area contributed by atoms with Gasteiger partial charge in [-0.15, -0.1) is 0 Å². The summed E-state index contributed by atoms with van der Waals surface area (Å²) >= 11 is 2.83. The lowest BCUT2D eigenvalue weighted by Crippen LogP contribution is -2.15. The molecule has 0 aliphatic heterocycles. The lowest BCUT2D eigenvalue weighted by Gasteiger charge is -2.19. The third kappa shape index (κ3) is 4.87. The Labute approximate surface area is 152 Å². The quantitative estimate of drug-likeness (QED) is 0.334. The van der Waals surface area contributed by atoms with Crippen LogP contribution in [0, 0.1) is 0 Å². The number of aromatic nitrogens is 2. The SMILES string of the molecule is O=P(O)(O)C(F)(F)c1cc2nc(NCCCC(F)(F)F)ncc2cc1Br. The van der Waals surface area contributed by atoms with Gasteiger partial charge in [0.1, 0.15) is 0 Å². The first-order chi connectivity index (χ1) is 11.8. The van der Waals surface area contributed by atoms with Crippen LogP contribution in [0.4, 0.5) is 27.9 Å². The standard InChI is InChI=1S/C13H12BrF5N3O3P/c14-9-4-7-6-21-11(20-3-1-2-12(15,16)17)22-10(7)5-8(9)13(18,19)26(23,24)25/h4-6H,1-3H2,(H,20,21,22)(H2,23,24,25). The van der Waals surface area contributed by atoms with E-state index in [1.807, 2.05) is 0 Å². The number of hydrogen-bond acceptors (Lipinski definition) is 4. The molecule has 26 heavy (non-hydrogen) atoms. The molecule has 13 heteroatoms. The number of anilines is 1. The van der Waals surface area contributed by atoms with Gasteiger partial charge in [0.25, 0.3) is 0 Å². The highest BCUT2D eigenvalue weighted by atomic mass is 79.9. The fraction of sp³-hybridized carbons (Fsp3) is 0.385. The third-order valence-electron chi connectivity index (χ3n) is 3.28. The summed E-state index contributed by atoms with van der Waals surface area (Å²) in [7, 11) is -5.77. The summed E-state index contributed by atoms with van der Waals surface area (Å²) in [6.07, 6.45) is -4.27. The first kappa shape index (κ1) is 20.9. The van der Waals surface area contributed by atoms with Gasteiger partial charge in [0.05, 0.1) is 5.52 Å². The van der Waals surface area contributed by atoms with E-state index >= 15 is 0 Å². The molecule has 0 aliphatic rings. The number of alkyl halides is 5. The van der Waals surface area contributed by atoms with Crippen LogP contribution in [-0.2, 0) is 10.2 Å². The molecule has 0 bridgehead atoms. The molecule has 0 radical (unpaired) electrons. The van der Waals surface area contributed by atoms with E-state index in [1.54, 1.807) is 0 Å². The molecule has 2 aromatic rings. The van der Waals surface area contributed by atoms with E-state index in [4.69, 9.17) is 9.79 Å². The molecule has 6 nitrogen and oxygen atoms in total. The smallest absolute Gasteiger partial charge is 0.354 e. The Bertz CT molecular complexity index is 859. The predicted octanol–water partition coefficient (Wildman–Crippen LogP) is 4.37. The highest BCUT2D eigenvalue weighted by molar-refractivity contribution is 9.10. The molecular weight excluding hydrogens is 452 g/mol. The molecule has 0 aliphatic carbocycles. The zero-order valence-electron chi connectivity index (χ0n) is 12.8. The minimum atomic E-state index is -5.77. The molecule has 0 spiro atoms. The number of rotatable bonds is 6. The Morgan fingerprint density at radius 3 is 2.42 bits per heavy atom. The van der Waals surface area contributed by atoms with Crippen molar-refractivity contribution in [3.63, 3.8) is 0 Å². The van der Waals surface area contributed by atoms with Gasteiger partial charge in [-0.1, -0.05) is 15.9 Å². The average Bonchev–Trinajstić information content (AvgIpc) is 2.49. The first-order valence-corrected chi connectivity index (χ1v) is 9.42. The van der Waals surface area contributed by atoms with Crippen LogP contribution >= 0.6 is 23.5 Å². The molecule has 0 unspecified atom stereocenters. The van der Waals surface area contributed by atoms with Crippen molar-refractivity contribution in [1.29, 1.82) is 0 Å². The second-order valence-electron chi connectivity index (χ2n) is 5.32. The van der Waals surface area contributed by atoms with Gasteiger partial charge >= 0.3 is 19.4 Å². The Kier molecular flexibility index (Phi) is 5.91. The van der Waals surface area contributed by atoms with Gasteiger partial charge in [-0.2, -0.15) is 22.0 Å². The molecule has 0 fully saturated rings. The van der Waals surface area contributed by atoms with E-state index in [1.165, 1.54) is 12.3 Å². The summed E-state index contributed by atoms with van der Waals surface area (Å²) in [5.74, 6) is -0.0903. The molecule has 0 saturated carbocycles. The van der Waals surface area contributed by atoms with Gasteiger partial charge in [-0.3, -0.25) is 4.57 Å². The van der Waals surface area contributed by atoms with Crippen LogP contribution in [0.25, 0.3) is 10.9 Å². The van der Waals surface area contributed by atoms with Crippen LogP contribution in [0.2, 0.25) is 0 Å². The Morgan fingerprint density at radius 1 is 1.19 bits per heavy atom. The van der Waals surface area contributed by atoms with E-state index < -0.39 is 31.4 Å². The molecule has 0 saturated heterocycles. The maximum Gasteiger partial charge on any atom is 0.399 e. The maximum absolute atomic E-state index is 14.0. The average molecular weight is 464 g/mol. The maximum atomic E-state index is 14.0. The second-order valence-corrected chi connectivity index (χ2v) is 7.82. The molecule has 0 atom stereocenters. The van der Waals surface area contributed by atoms with Gasteiger partial charge in [0, 0.05) is 34.6 Å². The van der Waals surface area contributed by atoms with Crippen LogP contribution in [0.3, 0.4) is 0 Å². The van der Waals surface area contributed by atoms with E-state index in [-0.39, 0.29) is 28.9 Å². The van der Waals surface area contributed by atoms with Gasteiger partial charge in [0.15, 0.2) is 0 Å². The first-order valence-electron chi connectivity index (χ1n) is 7.02. The summed E-state index contributed by atoms with van der Waals surface area (Å²) in [5, 5.41) is 2.83. The van der Waals surface area contributed by atoms with Crippen molar-refractivity contribution >= 4 is 40.4 Å². The summed E-state index contributed by atoms with van der Waals surface area (Å²) in [4.78, 5) is 25.5. The zero-order chi connectivity index (χ0) is 19.8. The predicted molar refractivity (Wildman–Crippen MR) is 87.0 cm³/mol. The van der Waals surface area contributed by atoms with Gasteiger partial charge in [-0.25, -0.2) is 9.97 Å². The van der Waals surface area contributed by atoms with Crippen LogP contribution in [0.5, 0.6) is 0 Å². The number of nitrogens with one attached hydrogen (secondary N) is 1. The van der Waals surface area contributed by atoms with Crippen molar-refractivity contribution in [2.75, 3.05) is 11.9 Å². The number of hydrogen-bond donors (Lipinski definition) is 3. The van der Waals surface area contributed by atoms with Crippen molar-refractivity contribution in [2.24, 2.45) is 0 Å². The summed E-state index contributed by atoms with van der Waals surface area (Å²) in [5.41, 5.74) is -5.45. The molecule has 144 valence electrons. The zero-order valence-corrected chi connectivity index (χ0v) is 15.2. The number of nitrogens with zero attached hydrogens (tertiary/aromatic N) is 2. The molecule has 3 N–H and O–H groups in total. The van der Waals surface area contributed by atoms with Gasteiger partial charge in [-0.05, 0) is 18.6 Å². The van der Waals surface area contributed by atoms with Crippen molar-refractivity contribution in [3.8, 4) is 0 Å². The van der Waals surface area contributed by atoms with Crippen molar-refractivity contribution in [3.05, 3.63) is 28.4 Å². The topological polar surface area (TPSA) is 95.3 Å².